The van der Waals surface area contributed by atoms with E-state index in [2.05, 4.69) is 4.98 Å². The molecule has 0 saturated heterocycles. The number of hydrogen-bond donors (Lipinski definition) is 1. The number of amides is 1. The number of pyridine rings is 1. The monoisotopic (exact) mass is 380 g/mol. The fourth-order valence-corrected chi connectivity index (χ4v) is 4.48. The van der Waals surface area contributed by atoms with Gasteiger partial charge in [0.15, 0.2) is 0 Å². The zero-order chi connectivity index (χ0) is 19.6. The van der Waals surface area contributed by atoms with Crippen molar-refractivity contribution in [2.24, 2.45) is 0 Å². The van der Waals surface area contributed by atoms with Gasteiger partial charge in [0.25, 0.3) is 5.91 Å². The summed E-state index contributed by atoms with van der Waals surface area (Å²) in [6.07, 6.45) is 8.60. The van der Waals surface area contributed by atoms with Gasteiger partial charge in [-0.25, -0.2) is 4.39 Å². The topological polar surface area (TPSA) is 53.4 Å². The average Bonchev–Trinajstić information content (AvgIpc) is 3.56. The van der Waals surface area contributed by atoms with Crippen molar-refractivity contribution >= 4 is 5.91 Å². The first-order valence-corrected chi connectivity index (χ1v) is 9.94. The van der Waals surface area contributed by atoms with E-state index >= 15 is 0 Å². The maximum absolute atomic E-state index is 14.2. The van der Waals surface area contributed by atoms with E-state index in [1.807, 2.05) is 24.3 Å². The lowest BCUT2D eigenvalue weighted by Gasteiger charge is -2.43. The summed E-state index contributed by atoms with van der Waals surface area (Å²) in [4.78, 5) is 19.5. The Kier molecular flexibility index (Phi) is 5.27. The van der Waals surface area contributed by atoms with E-state index in [1.54, 1.807) is 29.3 Å². The molecule has 2 aliphatic carbocycles. The van der Waals surface area contributed by atoms with Crippen LogP contribution in [0, 0.1) is 5.82 Å². The molecule has 5 heteroatoms. The minimum atomic E-state index is -0.474. The summed E-state index contributed by atoms with van der Waals surface area (Å²) in [5.74, 6) is -0.725. The van der Waals surface area contributed by atoms with E-state index < -0.39 is 5.82 Å². The molecule has 0 atom stereocenters. The van der Waals surface area contributed by atoms with Gasteiger partial charge in [0, 0.05) is 42.1 Å². The molecule has 2 aliphatic rings. The molecule has 1 aromatic heterocycles. The summed E-state index contributed by atoms with van der Waals surface area (Å²) in [7, 11) is 0. The van der Waals surface area contributed by atoms with Gasteiger partial charge in [-0.3, -0.25) is 9.78 Å². The fourth-order valence-electron chi connectivity index (χ4n) is 4.48. The number of rotatable bonds is 6. The van der Waals surface area contributed by atoms with Gasteiger partial charge < -0.3 is 10.0 Å². The number of aliphatic hydroxyl groups is 1. The number of aromatic nitrogens is 1. The average molecular weight is 380 g/mol. The van der Waals surface area contributed by atoms with Gasteiger partial charge >= 0.3 is 0 Å². The van der Waals surface area contributed by atoms with E-state index in [0.717, 1.165) is 43.5 Å². The summed E-state index contributed by atoms with van der Waals surface area (Å²) in [6, 6.07) is 12.2. The van der Waals surface area contributed by atoms with Crippen LogP contribution in [-0.2, 0) is 5.41 Å². The van der Waals surface area contributed by atoms with Gasteiger partial charge in [0.05, 0.1) is 5.56 Å². The van der Waals surface area contributed by atoms with Crippen molar-refractivity contribution < 1.29 is 14.3 Å². The maximum Gasteiger partial charge on any atom is 0.261 e. The molecule has 0 radical (unpaired) electrons. The van der Waals surface area contributed by atoms with Crippen molar-refractivity contribution in [3.63, 3.8) is 0 Å². The molecule has 0 unspecified atom stereocenters. The lowest BCUT2D eigenvalue weighted by atomic mass is 9.68. The molecule has 28 heavy (non-hydrogen) atoms. The van der Waals surface area contributed by atoms with E-state index in [9.17, 15) is 14.3 Å². The minimum absolute atomic E-state index is 0.0522. The second-order valence-electron chi connectivity index (χ2n) is 7.75. The van der Waals surface area contributed by atoms with Crippen molar-refractivity contribution in [1.29, 1.82) is 0 Å². The predicted molar refractivity (Wildman–Crippen MR) is 105 cm³/mol. The number of halogens is 1. The molecular formula is C23H25FN2O2. The highest BCUT2D eigenvalue weighted by Crippen LogP contribution is 2.44. The van der Waals surface area contributed by atoms with Crippen LogP contribution in [0.4, 0.5) is 4.39 Å². The minimum Gasteiger partial charge on any atom is -0.396 e. The second-order valence-corrected chi connectivity index (χ2v) is 7.75. The fraction of sp³-hybridized carbons (Fsp3) is 0.391. The van der Waals surface area contributed by atoms with Gasteiger partial charge in [0.2, 0.25) is 0 Å². The molecule has 4 nitrogen and oxygen atoms in total. The highest BCUT2D eigenvalue weighted by atomic mass is 19.1. The zero-order valence-corrected chi connectivity index (χ0v) is 15.9. The van der Waals surface area contributed by atoms with Crippen LogP contribution >= 0.6 is 0 Å². The smallest absolute Gasteiger partial charge is 0.261 e. The van der Waals surface area contributed by atoms with E-state index in [0.29, 0.717) is 6.42 Å². The van der Waals surface area contributed by atoms with Crippen LogP contribution in [0.1, 0.15) is 54.6 Å². The normalized spacial score (nSPS) is 23.8. The molecule has 0 bridgehead atoms. The molecule has 2 aromatic rings. The molecular weight excluding hydrogens is 355 g/mol. The first-order chi connectivity index (χ1) is 13.6. The van der Waals surface area contributed by atoms with Crippen molar-refractivity contribution in [2.75, 3.05) is 6.61 Å². The van der Waals surface area contributed by atoms with Crippen LogP contribution in [0.5, 0.6) is 0 Å². The van der Waals surface area contributed by atoms with Crippen molar-refractivity contribution in [1.82, 2.24) is 9.88 Å². The lowest BCUT2D eigenvalue weighted by Crippen LogP contribution is -2.44. The van der Waals surface area contributed by atoms with Gasteiger partial charge in [-0.05, 0) is 56.4 Å². The Labute approximate surface area is 164 Å². The zero-order valence-electron chi connectivity index (χ0n) is 15.9. The van der Waals surface area contributed by atoms with Gasteiger partial charge in [0.1, 0.15) is 5.82 Å². The molecule has 1 amide bonds. The number of nitrogens with zero attached hydrogens (tertiary/aromatic N) is 2. The number of allylic oxidation sites excluding steroid dienone is 2. The van der Waals surface area contributed by atoms with Crippen LogP contribution < -0.4 is 0 Å². The Morgan fingerprint density at radius 2 is 1.89 bits per heavy atom. The summed E-state index contributed by atoms with van der Waals surface area (Å²) >= 11 is 0. The number of aliphatic hydroxyl groups excluding tert-OH is 1. The summed E-state index contributed by atoms with van der Waals surface area (Å²) < 4.78 is 14.2. The van der Waals surface area contributed by atoms with Gasteiger partial charge in [-0.2, -0.15) is 0 Å². The van der Waals surface area contributed by atoms with E-state index in [1.165, 1.54) is 6.07 Å². The lowest BCUT2D eigenvalue weighted by molar-refractivity contribution is 0.0666. The van der Waals surface area contributed by atoms with Crippen LogP contribution in [-0.4, -0.2) is 33.5 Å². The number of carbonyl (C=O) groups excluding carboxylic acids is 1. The molecule has 146 valence electrons. The quantitative estimate of drug-likeness (QED) is 0.817. The van der Waals surface area contributed by atoms with Crippen molar-refractivity contribution in [3.05, 3.63) is 77.5 Å². The van der Waals surface area contributed by atoms with Crippen LogP contribution in [0.15, 0.2) is 60.4 Å². The third kappa shape index (κ3) is 3.59. The summed E-state index contributed by atoms with van der Waals surface area (Å²) in [5.41, 5.74) is 1.98. The van der Waals surface area contributed by atoms with Gasteiger partial charge in [-0.1, -0.05) is 24.3 Å². The van der Waals surface area contributed by atoms with Crippen LogP contribution in [0.2, 0.25) is 0 Å². The van der Waals surface area contributed by atoms with E-state index in [-0.39, 0.29) is 29.5 Å². The van der Waals surface area contributed by atoms with Gasteiger partial charge in [-0.15, -0.1) is 0 Å². The molecule has 0 aliphatic heterocycles. The van der Waals surface area contributed by atoms with Crippen LogP contribution in [0.25, 0.3) is 0 Å². The maximum atomic E-state index is 14.2. The van der Waals surface area contributed by atoms with Crippen molar-refractivity contribution in [2.45, 2.75) is 50.0 Å². The summed E-state index contributed by atoms with van der Waals surface area (Å²) in [5, 5.41) is 9.64. The predicted octanol–water partition coefficient (Wildman–Crippen LogP) is 4.21. The van der Waals surface area contributed by atoms with Crippen LogP contribution in [0.3, 0.4) is 0 Å². The third-order valence-corrected chi connectivity index (χ3v) is 6.10. The first kappa shape index (κ1) is 18.8. The molecule has 4 rings (SSSR count). The molecule has 1 heterocycles. The highest BCUT2D eigenvalue weighted by Gasteiger charge is 2.41. The Morgan fingerprint density at radius 3 is 2.50 bits per heavy atom. The Morgan fingerprint density at radius 1 is 1.18 bits per heavy atom. The SMILES string of the molecule is O=C(c1ccccc1F)N(C1=CC1)C1CCC(CCO)(c2ccccn2)CC1. The number of carbonyl (C=O) groups is 1. The molecule has 1 aromatic carbocycles. The third-order valence-electron chi connectivity index (χ3n) is 6.10. The Hall–Kier alpha value is -2.53. The van der Waals surface area contributed by atoms with E-state index in [4.69, 9.17) is 0 Å². The Bertz CT molecular complexity index is 873. The molecule has 1 saturated carbocycles. The first-order valence-electron chi connectivity index (χ1n) is 9.94. The second kappa shape index (κ2) is 7.84. The standard InChI is InChI=1S/C23H25FN2O2/c24-20-6-2-1-5-19(20)22(28)26(17-8-9-17)18-10-12-23(13-11-18,14-16-27)21-7-3-4-15-25-21/h1-8,15,18,27H,9-14,16H2. The van der Waals surface area contributed by atoms with Crippen molar-refractivity contribution in [3.8, 4) is 0 Å². The molecule has 1 N–H and O–H groups in total. The highest BCUT2D eigenvalue weighted by molar-refractivity contribution is 5.96. The number of hydrogen-bond acceptors (Lipinski definition) is 3. The number of benzene rings is 1. The summed E-state index contributed by atoms with van der Waals surface area (Å²) in [6.45, 7) is 0.115. The molecule has 0 spiro atoms. The molecule has 1 fully saturated rings. The largest absolute Gasteiger partial charge is 0.396 e. The Balaban J connectivity index is 1.55.